The van der Waals surface area contributed by atoms with Gasteiger partial charge < -0.3 is 10.2 Å². The predicted octanol–water partition coefficient (Wildman–Crippen LogP) is 1.68. The lowest BCUT2D eigenvalue weighted by atomic mass is 10.2. The van der Waals surface area contributed by atoms with Gasteiger partial charge in [-0.1, -0.05) is 0 Å². The maximum atomic E-state index is 5.54. The largest absolute Gasteiger partial charge is 0.468 e. The summed E-state index contributed by atoms with van der Waals surface area (Å²) in [5.41, 5.74) is 6.62. The van der Waals surface area contributed by atoms with E-state index in [2.05, 4.69) is 18.0 Å². The molecule has 2 rings (SSSR count). The van der Waals surface area contributed by atoms with Crippen molar-refractivity contribution in [3.8, 4) is 0 Å². The third-order valence-electron chi connectivity index (χ3n) is 2.88. The van der Waals surface area contributed by atoms with Crippen LogP contribution in [0.3, 0.4) is 0 Å². The zero-order chi connectivity index (χ0) is 10.7. The van der Waals surface area contributed by atoms with E-state index < -0.39 is 0 Å². The molecule has 0 saturated carbocycles. The summed E-state index contributed by atoms with van der Waals surface area (Å²) < 4.78 is 5.46. The molecule has 0 aromatic carbocycles. The van der Waals surface area contributed by atoms with Gasteiger partial charge in [0.1, 0.15) is 5.76 Å². The van der Waals surface area contributed by atoms with Gasteiger partial charge in [-0.25, -0.2) is 0 Å². The van der Waals surface area contributed by atoms with Crippen molar-refractivity contribution in [1.82, 2.24) is 4.90 Å². The summed E-state index contributed by atoms with van der Waals surface area (Å²) >= 11 is 2.04. The molecule has 0 radical (unpaired) electrons. The summed E-state index contributed by atoms with van der Waals surface area (Å²) in [4.78, 5) is 2.37. The number of nitrogens with zero attached hydrogens (tertiary/aromatic N) is 1. The van der Waals surface area contributed by atoms with Crippen LogP contribution in [0.5, 0.6) is 0 Å². The Labute approximate surface area is 95.0 Å². The van der Waals surface area contributed by atoms with E-state index in [1.807, 2.05) is 11.8 Å². The van der Waals surface area contributed by atoms with Crippen molar-refractivity contribution in [2.75, 3.05) is 18.6 Å². The van der Waals surface area contributed by atoms with Crippen LogP contribution >= 0.6 is 11.8 Å². The van der Waals surface area contributed by atoms with Gasteiger partial charge in [-0.05, 0) is 25.3 Å². The quantitative estimate of drug-likeness (QED) is 0.848. The van der Waals surface area contributed by atoms with Crippen LogP contribution in [-0.4, -0.2) is 29.5 Å². The Morgan fingerprint density at radius 1 is 1.67 bits per heavy atom. The second-order valence-corrected chi connectivity index (χ2v) is 5.21. The van der Waals surface area contributed by atoms with Crippen molar-refractivity contribution in [2.45, 2.75) is 25.6 Å². The Hall–Kier alpha value is -0.450. The van der Waals surface area contributed by atoms with Crippen LogP contribution in [0.25, 0.3) is 0 Å². The summed E-state index contributed by atoms with van der Waals surface area (Å²) in [6, 6.07) is 2.76. The van der Waals surface area contributed by atoms with Crippen LogP contribution in [0.4, 0.5) is 0 Å². The molecule has 1 atom stereocenters. The molecule has 1 fully saturated rings. The van der Waals surface area contributed by atoms with Crippen molar-refractivity contribution >= 4 is 11.8 Å². The monoisotopic (exact) mass is 226 g/mol. The first-order chi connectivity index (χ1) is 7.29. The number of hydrogen-bond donors (Lipinski definition) is 1. The fourth-order valence-electron chi connectivity index (χ4n) is 1.86. The molecule has 2 heterocycles. The van der Waals surface area contributed by atoms with E-state index >= 15 is 0 Å². The van der Waals surface area contributed by atoms with Gasteiger partial charge in [0.25, 0.3) is 0 Å². The van der Waals surface area contributed by atoms with Crippen LogP contribution in [0.2, 0.25) is 0 Å². The predicted molar refractivity (Wildman–Crippen MR) is 63.8 cm³/mol. The van der Waals surface area contributed by atoms with Crippen LogP contribution in [-0.2, 0) is 13.1 Å². The molecule has 0 spiro atoms. The standard InChI is InChI=1S/C11H18N2OS/c1-13(10-2-3-15-8-10)6-11-4-9(5-12)7-14-11/h4,7,10H,2-3,5-6,8,12H2,1H3. The van der Waals surface area contributed by atoms with Gasteiger partial charge in [0, 0.05) is 23.9 Å². The Balaban J connectivity index is 1.89. The first-order valence-corrected chi connectivity index (χ1v) is 6.49. The molecule has 3 nitrogen and oxygen atoms in total. The second-order valence-electron chi connectivity index (χ2n) is 4.06. The third-order valence-corrected chi connectivity index (χ3v) is 4.02. The molecule has 0 amide bonds. The van der Waals surface area contributed by atoms with E-state index in [4.69, 9.17) is 10.2 Å². The number of thioether (sulfide) groups is 1. The highest BCUT2D eigenvalue weighted by atomic mass is 32.2. The molecule has 1 aromatic rings. The molecule has 4 heteroatoms. The maximum Gasteiger partial charge on any atom is 0.118 e. The van der Waals surface area contributed by atoms with Gasteiger partial charge in [-0.3, -0.25) is 4.90 Å². The fraction of sp³-hybridized carbons (Fsp3) is 0.636. The molecule has 1 saturated heterocycles. The number of furan rings is 1. The topological polar surface area (TPSA) is 42.4 Å². The highest BCUT2D eigenvalue weighted by Gasteiger charge is 2.20. The van der Waals surface area contributed by atoms with Crippen molar-refractivity contribution in [1.29, 1.82) is 0 Å². The van der Waals surface area contributed by atoms with Crippen LogP contribution < -0.4 is 5.73 Å². The van der Waals surface area contributed by atoms with Crippen molar-refractivity contribution in [2.24, 2.45) is 5.73 Å². The molecule has 1 aliphatic heterocycles. The molecule has 1 aliphatic rings. The minimum atomic E-state index is 0.562. The summed E-state index contributed by atoms with van der Waals surface area (Å²) in [5.74, 6) is 3.57. The van der Waals surface area contributed by atoms with Crippen LogP contribution in [0, 0.1) is 0 Å². The summed E-state index contributed by atoms with van der Waals surface area (Å²) in [6.07, 6.45) is 3.05. The van der Waals surface area contributed by atoms with E-state index in [0.717, 1.165) is 17.9 Å². The first-order valence-electron chi connectivity index (χ1n) is 5.34. The van der Waals surface area contributed by atoms with E-state index in [1.54, 1.807) is 6.26 Å². The van der Waals surface area contributed by atoms with Gasteiger partial charge in [0.15, 0.2) is 0 Å². The highest BCUT2D eigenvalue weighted by molar-refractivity contribution is 7.99. The molecule has 15 heavy (non-hydrogen) atoms. The van der Waals surface area contributed by atoms with Gasteiger partial charge >= 0.3 is 0 Å². The Bertz CT molecular complexity index is 307. The molecule has 1 aromatic heterocycles. The van der Waals surface area contributed by atoms with Crippen LogP contribution in [0.15, 0.2) is 16.7 Å². The lowest BCUT2D eigenvalue weighted by molar-refractivity contribution is 0.234. The second kappa shape index (κ2) is 5.05. The average Bonchev–Trinajstić information content (AvgIpc) is 2.87. The van der Waals surface area contributed by atoms with Crippen LogP contribution in [0.1, 0.15) is 17.7 Å². The lowest BCUT2D eigenvalue weighted by Crippen LogP contribution is -2.30. The van der Waals surface area contributed by atoms with Gasteiger partial charge in [0.05, 0.1) is 12.8 Å². The van der Waals surface area contributed by atoms with Gasteiger partial charge in [-0.15, -0.1) is 0 Å². The van der Waals surface area contributed by atoms with E-state index in [0.29, 0.717) is 12.6 Å². The zero-order valence-corrected chi connectivity index (χ0v) is 9.93. The molecule has 84 valence electrons. The van der Waals surface area contributed by atoms with Crippen molar-refractivity contribution < 1.29 is 4.42 Å². The number of nitrogens with two attached hydrogens (primary N) is 1. The Kier molecular flexibility index (Phi) is 3.72. The molecule has 0 bridgehead atoms. The van der Waals surface area contributed by atoms with Crippen molar-refractivity contribution in [3.05, 3.63) is 23.7 Å². The molecular formula is C11H18N2OS. The summed E-state index contributed by atoms with van der Waals surface area (Å²) in [5, 5.41) is 0. The average molecular weight is 226 g/mol. The van der Waals surface area contributed by atoms with E-state index in [1.165, 1.54) is 17.9 Å². The fourth-order valence-corrected chi connectivity index (χ4v) is 3.16. The van der Waals surface area contributed by atoms with E-state index in [9.17, 15) is 0 Å². The third kappa shape index (κ3) is 2.77. The maximum absolute atomic E-state index is 5.54. The van der Waals surface area contributed by atoms with E-state index in [-0.39, 0.29) is 0 Å². The number of hydrogen-bond acceptors (Lipinski definition) is 4. The highest BCUT2D eigenvalue weighted by Crippen LogP contribution is 2.22. The first kappa shape index (κ1) is 11.0. The summed E-state index contributed by atoms with van der Waals surface area (Å²) in [7, 11) is 2.17. The zero-order valence-electron chi connectivity index (χ0n) is 9.11. The smallest absolute Gasteiger partial charge is 0.118 e. The molecule has 2 N–H and O–H groups in total. The Morgan fingerprint density at radius 3 is 3.13 bits per heavy atom. The minimum Gasteiger partial charge on any atom is -0.468 e. The minimum absolute atomic E-state index is 0.562. The Morgan fingerprint density at radius 2 is 2.53 bits per heavy atom. The van der Waals surface area contributed by atoms with Gasteiger partial charge in [0.2, 0.25) is 0 Å². The molecular weight excluding hydrogens is 208 g/mol. The normalized spacial score (nSPS) is 21.4. The van der Waals surface area contributed by atoms with Crippen molar-refractivity contribution in [3.63, 3.8) is 0 Å². The molecule has 0 aliphatic carbocycles. The van der Waals surface area contributed by atoms with Gasteiger partial charge in [-0.2, -0.15) is 11.8 Å². The lowest BCUT2D eigenvalue weighted by Gasteiger charge is -2.21. The molecule has 1 unspecified atom stereocenters. The number of rotatable bonds is 4. The summed E-state index contributed by atoms with van der Waals surface area (Å²) in [6.45, 7) is 1.46. The SMILES string of the molecule is CN(Cc1cc(CN)co1)C1CCSC1.